The number of carbonyl (C=O) groups excluding carboxylic acids is 1. The van der Waals surface area contributed by atoms with Gasteiger partial charge in [0.15, 0.2) is 0 Å². The van der Waals surface area contributed by atoms with Crippen LogP contribution in [0, 0.1) is 11.8 Å². The van der Waals surface area contributed by atoms with Gasteiger partial charge in [0.05, 0.1) is 6.61 Å². The fraction of sp³-hybridized carbons (Fsp3) is 0.182. The Labute approximate surface area is 82.3 Å². The van der Waals surface area contributed by atoms with Crippen LogP contribution >= 0.6 is 0 Å². The summed E-state index contributed by atoms with van der Waals surface area (Å²) >= 11 is 0. The normalized spacial score (nSPS) is 8.64. The van der Waals surface area contributed by atoms with Crippen molar-refractivity contribution in [3.05, 3.63) is 29.8 Å². The van der Waals surface area contributed by atoms with Crippen LogP contribution in [0.5, 0.6) is 5.75 Å². The van der Waals surface area contributed by atoms with Crippen LogP contribution in [-0.4, -0.2) is 17.7 Å². The zero-order chi connectivity index (χ0) is 10.4. The van der Waals surface area contributed by atoms with Gasteiger partial charge in [-0.05, 0) is 25.1 Å². The maximum atomic E-state index is 10.8. The molecule has 0 bridgehead atoms. The number of benzene rings is 1. The van der Waals surface area contributed by atoms with E-state index >= 15 is 0 Å². The molecule has 1 rings (SSSR count). The molecule has 0 radical (unpaired) electrons. The van der Waals surface area contributed by atoms with Gasteiger partial charge in [-0.2, -0.15) is 0 Å². The van der Waals surface area contributed by atoms with Gasteiger partial charge < -0.3 is 9.84 Å². The van der Waals surface area contributed by atoms with Gasteiger partial charge >= 0.3 is 5.97 Å². The number of hydrogen-bond acceptors (Lipinski definition) is 3. The largest absolute Gasteiger partial charge is 0.508 e. The molecule has 0 aliphatic rings. The summed E-state index contributed by atoms with van der Waals surface area (Å²) < 4.78 is 4.62. The van der Waals surface area contributed by atoms with Gasteiger partial charge in [0.25, 0.3) is 0 Å². The first-order valence-corrected chi connectivity index (χ1v) is 4.20. The van der Waals surface area contributed by atoms with Gasteiger partial charge in [-0.25, -0.2) is 4.79 Å². The van der Waals surface area contributed by atoms with Gasteiger partial charge in [0, 0.05) is 11.5 Å². The molecule has 0 unspecified atom stereocenters. The molecular formula is C11H10O3. The Kier molecular flexibility index (Phi) is 3.57. The smallest absolute Gasteiger partial charge is 0.384 e. The van der Waals surface area contributed by atoms with Gasteiger partial charge in [-0.15, -0.1) is 0 Å². The second-order valence-corrected chi connectivity index (χ2v) is 2.52. The quantitative estimate of drug-likeness (QED) is 0.536. The maximum absolute atomic E-state index is 10.8. The molecule has 0 amide bonds. The first kappa shape index (κ1) is 10.1. The van der Waals surface area contributed by atoms with E-state index < -0.39 is 5.97 Å². The molecule has 0 aromatic heterocycles. The Bertz CT molecular complexity index is 385. The van der Waals surface area contributed by atoms with E-state index in [1.54, 1.807) is 19.1 Å². The molecule has 0 saturated heterocycles. The van der Waals surface area contributed by atoms with Crippen molar-refractivity contribution in [1.29, 1.82) is 0 Å². The number of esters is 1. The molecule has 3 heteroatoms. The average molecular weight is 190 g/mol. The van der Waals surface area contributed by atoms with E-state index in [-0.39, 0.29) is 5.75 Å². The lowest BCUT2D eigenvalue weighted by atomic mass is 10.2. The molecule has 3 nitrogen and oxygen atoms in total. The third-order valence-corrected chi connectivity index (χ3v) is 1.43. The average Bonchev–Trinajstić information content (AvgIpc) is 2.15. The summed E-state index contributed by atoms with van der Waals surface area (Å²) in [4.78, 5) is 10.8. The minimum atomic E-state index is -0.559. The minimum Gasteiger partial charge on any atom is -0.508 e. The van der Waals surface area contributed by atoms with Crippen molar-refractivity contribution in [2.75, 3.05) is 6.61 Å². The van der Waals surface area contributed by atoms with E-state index in [2.05, 4.69) is 16.6 Å². The molecule has 0 aliphatic carbocycles. The summed E-state index contributed by atoms with van der Waals surface area (Å²) in [6.45, 7) is 2.03. The second-order valence-electron chi connectivity index (χ2n) is 2.52. The van der Waals surface area contributed by atoms with Crippen molar-refractivity contribution in [3.8, 4) is 17.6 Å². The van der Waals surface area contributed by atoms with Crippen molar-refractivity contribution in [3.63, 3.8) is 0 Å². The Hall–Kier alpha value is -1.95. The van der Waals surface area contributed by atoms with E-state index in [4.69, 9.17) is 5.11 Å². The number of hydrogen-bond donors (Lipinski definition) is 1. The van der Waals surface area contributed by atoms with Crippen LogP contribution in [0.4, 0.5) is 0 Å². The number of carbonyl (C=O) groups is 1. The number of aromatic hydroxyl groups is 1. The summed E-state index contributed by atoms with van der Waals surface area (Å²) in [5.41, 5.74) is 0.582. The lowest BCUT2D eigenvalue weighted by Crippen LogP contribution is -1.99. The number of ether oxygens (including phenoxy) is 1. The zero-order valence-corrected chi connectivity index (χ0v) is 7.78. The lowest BCUT2D eigenvalue weighted by Gasteiger charge is -1.92. The lowest BCUT2D eigenvalue weighted by molar-refractivity contribution is -0.136. The molecule has 1 aromatic rings. The molecule has 14 heavy (non-hydrogen) atoms. The molecule has 0 saturated carbocycles. The molecule has 72 valence electrons. The SMILES string of the molecule is CCOC(=O)C#Cc1cccc(O)c1. The summed E-state index contributed by atoms with van der Waals surface area (Å²) in [7, 11) is 0. The highest BCUT2D eigenvalue weighted by molar-refractivity contribution is 5.89. The van der Waals surface area contributed by atoms with Crippen LogP contribution in [0.1, 0.15) is 12.5 Å². The van der Waals surface area contributed by atoms with E-state index in [1.807, 2.05) is 0 Å². The Morgan fingerprint density at radius 3 is 3.00 bits per heavy atom. The summed E-state index contributed by atoms with van der Waals surface area (Å²) in [6, 6.07) is 6.37. The summed E-state index contributed by atoms with van der Waals surface area (Å²) in [5.74, 6) is 4.46. The zero-order valence-electron chi connectivity index (χ0n) is 7.78. The van der Waals surface area contributed by atoms with Gasteiger partial charge in [0.2, 0.25) is 0 Å². The van der Waals surface area contributed by atoms with Crippen molar-refractivity contribution in [2.24, 2.45) is 0 Å². The van der Waals surface area contributed by atoms with E-state index in [1.165, 1.54) is 12.1 Å². The van der Waals surface area contributed by atoms with Gasteiger partial charge in [0.1, 0.15) is 5.75 Å². The number of phenols is 1. The highest BCUT2D eigenvalue weighted by Gasteiger charge is 1.93. The van der Waals surface area contributed by atoms with Crippen LogP contribution in [0.25, 0.3) is 0 Å². The first-order chi connectivity index (χ1) is 6.72. The molecule has 0 spiro atoms. The Morgan fingerprint density at radius 1 is 1.57 bits per heavy atom. The van der Waals surface area contributed by atoms with Crippen molar-refractivity contribution >= 4 is 5.97 Å². The summed E-state index contributed by atoms with van der Waals surface area (Å²) in [5, 5.41) is 9.10. The van der Waals surface area contributed by atoms with E-state index in [9.17, 15) is 4.79 Å². The minimum absolute atomic E-state index is 0.126. The molecule has 0 atom stereocenters. The molecular weight excluding hydrogens is 180 g/mol. The van der Waals surface area contributed by atoms with Gasteiger partial charge in [-0.3, -0.25) is 0 Å². The third-order valence-electron chi connectivity index (χ3n) is 1.43. The van der Waals surface area contributed by atoms with Crippen LogP contribution in [0.15, 0.2) is 24.3 Å². The van der Waals surface area contributed by atoms with Crippen molar-refractivity contribution in [2.45, 2.75) is 6.92 Å². The van der Waals surface area contributed by atoms with Gasteiger partial charge in [-0.1, -0.05) is 12.0 Å². The van der Waals surface area contributed by atoms with E-state index in [0.717, 1.165) is 0 Å². The molecule has 0 aliphatic heterocycles. The second kappa shape index (κ2) is 4.93. The number of rotatable bonds is 1. The molecule has 0 heterocycles. The topological polar surface area (TPSA) is 46.5 Å². The first-order valence-electron chi connectivity index (χ1n) is 4.20. The summed E-state index contributed by atoms with van der Waals surface area (Å²) in [6.07, 6.45) is 0. The van der Waals surface area contributed by atoms with Crippen molar-refractivity contribution in [1.82, 2.24) is 0 Å². The monoisotopic (exact) mass is 190 g/mol. The van der Waals surface area contributed by atoms with Crippen LogP contribution in [-0.2, 0) is 9.53 Å². The van der Waals surface area contributed by atoms with E-state index in [0.29, 0.717) is 12.2 Å². The molecule has 1 aromatic carbocycles. The van der Waals surface area contributed by atoms with Crippen LogP contribution in [0.2, 0.25) is 0 Å². The fourth-order valence-electron chi connectivity index (χ4n) is 0.874. The Balaban J connectivity index is 2.72. The third kappa shape index (κ3) is 3.20. The molecule has 1 N–H and O–H groups in total. The van der Waals surface area contributed by atoms with Crippen LogP contribution < -0.4 is 0 Å². The van der Waals surface area contributed by atoms with Crippen LogP contribution in [0.3, 0.4) is 0 Å². The highest BCUT2D eigenvalue weighted by Crippen LogP contribution is 2.09. The predicted octanol–water partition coefficient (Wildman–Crippen LogP) is 1.31. The Morgan fingerprint density at radius 2 is 2.36 bits per heavy atom. The van der Waals surface area contributed by atoms with Crippen molar-refractivity contribution < 1.29 is 14.6 Å². The predicted molar refractivity (Wildman–Crippen MR) is 51.6 cm³/mol. The molecule has 0 fully saturated rings. The standard InChI is InChI=1S/C11H10O3/c1-2-14-11(13)7-6-9-4-3-5-10(12)8-9/h3-5,8,12H,2H2,1H3. The number of phenolic OH excluding ortho intramolecular Hbond substituents is 1. The fourth-order valence-corrected chi connectivity index (χ4v) is 0.874. The maximum Gasteiger partial charge on any atom is 0.384 e. The highest BCUT2D eigenvalue weighted by atomic mass is 16.5.